The van der Waals surface area contributed by atoms with Gasteiger partial charge in [0.25, 0.3) is 5.69 Å². The smallest absolute Gasteiger partial charge is 0.271 e. The van der Waals surface area contributed by atoms with E-state index in [1.807, 2.05) is 24.3 Å². The van der Waals surface area contributed by atoms with Crippen molar-refractivity contribution in [2.24, 2.45) is 5.10 Å². The Labute approximate surface area is 189 Å². The summed E-state index contributed by atoms with van der Waals surface area (Å²) < 4.78 is 5.72. The average molecular weight is 550 g/mol. The van der Waals surface area contributed by atoms with E-state index >= 15 is 0 Å². The van der Waals surface area contributed by atoms with E-state index < -0.39 is 4.92 Å². The molecule has 2 aromatic heterocycles. The highest BCUT2D eigenvalue weighted by molar-refractivity contribution is 9.10. The summed E-state index contributed by atoms with van der Waals surface area (Å²) in [6, 6.07) is 9.71. The van der Waals surface area contributed by atoms with E-state index in [1.54, 1.807) is 0 Å². The van der Waals surface area contributed by atoms with E-state index in [-0.39, 0.29) is 44.4 Å². The van der Waals surface area contributed by atoms with Crippen LogP contribution in [0.3, 0.4) is 0 Å². The molecule has 12 nitrogen and oxygen atoms in total. The lowest BCUT2D eigenvalue weighted by atomic mass is 10.2. The van der Waals surface area contributed by atoms with Gasteiger partial charge in [-0.05, 0) is 50.5 Å². The van der Waals surface area contributed by atoms with E-state index in [0.29, 0.717) is 0 Å². The Morgan fingerprint density at radius 1 is 1.10 bits per heavy atom. The fraction of sp³-hybridized carbons (Fsp3) is 0. The van der Waals surface area contributed by atoms with Crippen LogP contribution < -0.4 is 10.7 Å². The quantitative estimate of drug-likeness (QED) is 0.179. The molecule has 2 aromatic carbocycles. The number of benzene rings is 2. The third-order valence-electron chi connectivity index (χ3n) is 3.88. The average Bonchev–Trinajstić information content (AvgIpc) is 3.19. The Hall–Kier alpha value is -3.65. The lowest BCUT2D eigenvalue weighted by Crippen LogP contribution is -2.03. The lowest BCUT2D eigenvalue weighted by molar-refractivity contribution is -0.385. The molecule has 14 heteroatoms. The number of nitrogens with zero attached hydrogens (tertiary/aromatic N) is 6. The third kappa shape index (κ3) is 4.59. The number of nitro groups is 1. The summed E-state index contributed by atoms with van der Waals surface area (Å²) >= 11 is 6.45. The number of anilines is 3. The maximum Gasteiger partial charge on any atom is 0.271 e. The predicted molar refractivity (Wildman–Crippen MR) is 118 cm³/mol. The fourth-order valence-corrected chi connectivity index (χ4v) is 3.17. The molecule has 0 aliphatic heterocycles. The minimum absolute atomic E-state index is 0.119. The zero-order chi connectivity index (χ0) is 22.0. The van der Waals surface area contributed by atoms with Gasteiger partial charge in [0.15, 0.2) is 11.6 Å². The van der Waals surface area contributed by atoms with E-state index in [2.05, 4.69) is 72.6 Å². The summed E-state index contributed by atoms with van der Waals surface area (Å²) in [6.45, 7) is 0. The highest BCUT2D eigenvalue weighted by atomic mass is 79.9. The zero-order valence-electron chi connectivity index (χ0n) is 15.2. The summed E-state index contributed by atoms with van der Waals surface area (Å²) in [4.78, 5) is 19.0. The van der Waals surface area contributed by atoms with E-state index in [1.165, 1.54) is 18.3 Å². The van der Waals surface area contributed by atoms with Crippen LogP contribution in [0.4, 0.5) is 23.0 Å². The second-order valence-corrected chi connectivity index (χ2v) is 7.73. The first-order valence-electron chi connectivity index (χ1n) is 8.39. The van der Waals surface area contributed by atoms with Gasteiger partial charge in [-0.3, -0.25) is 15.5 Å². The SMILES string of the molecule is O=[N+]([O-])c1cc(Br)c(O)c(/C=N\Nc2nc3nonc3nc2Nc2ccc(Br)cc2)c1. The first-order valence-corrected chi connectivity index (χ1v) is 9.98. The summed E-state index contributed by atoms with van der Waals surface area (Å²) in [7, 11) is 0. The zero-order valence-corrected chi connectivity index (χ0v) is 18.3. The molecule has 4 aromatic rings. The van der Waals surface area contributed by atoms with Crippen molar-refractivity contribution in [1.29, 1.82) is 0 Å². The molecule has 0 unspecified atom stereocenters. The van der Waals surface area contributed by atoms with Crippen LogP contribution in [0.15, 0.2) is 55.1 Å². The monoisotopic (exact) mass is 548 g/mol. The van der Waals surface area contributed by atoms with E-state index in [9.17, 15) is 15.2 Å². The van der Waals surface area contributed by atoms with Crippen LogP contribution >= 0.6 is 31.9 Å². The van der Waals surface area contributed by atoms with Crippen molar-refractivity contribution in [3.05, 3.63) is 61.0 Å². The molecular weight excluding hydrogens is 540 g/mol. The van der Waals surface area contributed by atoms with Gasteiger partial charge in [0, 0.05) is 27.9 Å². The Balaban J connectivity index is 1.65. The molecule has 31 heavy (non-hydrogen) atoms. The second kappa shape index (κ2) is 8.61. The van der Waals surface area contributed by atoms with E-state index in [4.69, 9.17) is 0 Å². The number of aromatic hydroxyl groups is 1. The Morgan fingerprint density at radius 3 is 2.45 bits per heavy atom. The molecule has 0 atom stereocenters. The largest absolute Gasteiger partial charge is 0.506 e. The molecule has 3 N–H and O–H groups in total. The summed E-state index contributed by atoms with van der Waals surface area (Å²) in [5, 5.41) is 35.6. The number of halogens is 2. The van der Waals surface area contributed by atoms with Gasteiger partial charge in [-0.2, -0.15) is 10.1 Å². The number of fused-ring (bicyclic) bond motifs is 1. The topological polar surface area (TPSA) is 164 Å². The molecule has 4 rings (SSSR count). The number of non-ortho nitro benzene ring substituents is 1. The maximum absolute atomic E-state index is 11.0. The molecule has 0 fully saturated rings. The standard InChI is InChI=1S/C17H10Br2N8O4/c18-9-1-3-10(4-2-9)21-14-15(23-17-16(22-14)25-31-26-17)24-20-7-8-5-11(27(29)30)6-12(19)13(8)28/h1-7,28H,(H,21,22,25)(H,23,24,26)/b20-7-. The number of phenols is 1. The van der Waals surface area contributed by atoms with E-state index in [0.717, 1.165) is 10.2 Å². The van der Waals surface area contributed by atoms with Gasteiger partial charge in [-0.1, -0.05) is 15.9 Å². The first-order chi connectivity index (χ1) is 14.9. The first kappa shape index (κ1) is 20.6. The Morgan fingerprint density at radius 2 is 1.77 bits per heavy atom. The van der Waals surface area contributed by atoms with Crippen molar-refractivity contribution in [3.8, 4) is 5.75 Å². The second-order valence-electron chi connectivity index (χ2n) is 5.96. The van der Waals surface area contributed by atoms with Gasteiger partial charge < -0.3 is 10.4 Å². The number of nitro benzene ring substituents is 1. The van der Waals surface area contributed by atoms with Gasteiger partial charge in [-0.15, -0.1) is 0 Å². The minimum Gasteiger partial charge on any atom is -0.506 e. The molecule has 0 bridgehead atoms. The summed E-state index contributed by atoms with van der Waals surface area (Å²) in [5.41, 5.74) is 3.66. The van der Waals surface area contributed by atoms with Gasteiger partial charge in [0.05, 0.1) is 15.6 Å². The van der Waals surface area contributed by atoms with Gasteiger partial charge in [-0.25, -0.2) is 9.61 Å². The van der Waals surface area contributed by atoms with Crippen molar-refractivity contribution >= 4 is 72.4 Å². The minimum atomic E-state index is -0.577. The molecule has 156 valence electrons. The molecule has 0 spiro atoms. The van der Waals surface area contributed by atoms with Crippen LogP contribution in [0.1, 0.15) is 5.56 Å². The molecular formula is C17H10Br2N8O4. The van der Waals surface area contributed by atoms with Crippen LogP contribution in [0.25, 0.3) is 11.3 Å². The summed E-state index contributed by atoms with van der Waals surface area (Å²) in [5.74, 6) is 0.269. The van der Waals surface area contributed by atoms with Crippen LogP contribution in [0.5, 0.6) is 5.75 Å². The van der Waals surface area contributed by atoms with Crippen LogP contribution in [-0.2, 0) is 0 Å². The number of hydrogen-bond acceptors (Lipinski definition) is 11. The highest BCUT2D eigenvalue weighted by Gasteiger charge is 2.15. The van der Waals surface area contributed by atoms with Crippen molar-refractivity contribution in [2.75, 3.05) is 10.7 Å². The van der Waals surface area contributed by atoms with Crippen LogP contribution in [0, 0.1) is 10.1 Å². The molecule has 0 radical (unpaired) electrons. The maximum atomic E-state index is 11.0. The third-order valence-corrected chi connectivity index (χ3v) is 5.02. The normalized spacial score (nSPS) is 11.2. The van der Waals surface area contributed by atoms with Crippen molar-refractivity contribution in [3.63, 3.8) is 0 Å². The highest BCUT2D eigenvalue weighted by Crippen LogP contribution is 2.31. The number of hydrazone groups is 1. The van der Waals surface area contributed by atoms with Gasteiger partial charge in [0.2, 0.25) is 11.3 Å². The number of aromatic nitrogens is 4. The Kier molecular flexibility index (Phi) is 5.73. The molecule has 0 aliphatic carbocycles. The number of nitrogens with one attached hydrogen (secondary N) is 2. The van der Waals surface area contributed by atoms with Crippen molar-refractivity contribution in [1.82, 2.24) is 20.3 Å². The molecule has 0 saturated carbocycles. The number of phenolic OH excluding ortho intramolecular Hbond substituents is 1. The van der Waals surface area contributed by atoms with Crippen molar-refractivity contribution < 1.29 is 14.7 Å². The molecule has 0 saturated heterocycles. The van der Waals surface area contributed by atoms with Gasteiger partial charge in [0.1, 0.15) is 5.75 Å². The number of hydrogen-bond donors (Lipinski definition) is 3. The lowest BCUT2D eigenvalue weighted by Gasteiger charge is -2.09. The van der Waals surface area contributed by atoms with Gasteiger partial charge >= 0.3 is 0 Å². The fourth-order valence-electron chi connectivity index (χ4n) is 2.45. The van der Waals surface area contributed by atoms with Crippen LogP contribution in [0.2, 0.25) is 0 Å². The van der Waals surface area contributed by atoms with Crippen molar-refractivity contribution in [2.45, 2.75) is 0 Å². The predicted octanol–water partition coefficient (Wildman–Crippen LogP) is 4.34. The Bertz CT molecular complexity index is 1310. The molecule has 0 aliphatic rings. The summed E-state index contributed by atoms with van der Waals surface area (Å²) in [6.07, 6.45) is 1.21. The molecule has 2 heterocycles. The van der Waals surface area contributed by atoms with Crippen LogP contribution in [-0.4, -0.2) is 36.5 Å². The molecule has 0 amide bonds. The number of rotatable bonds is 6.